The van der Waals surface area contributed by atoms with Crippen LogP contribution in [-0.2, 0) is 4.79 Å². The van der Waals surface area contributed by atoms with Crippen molar-refractivity contribution in [2.75, 3.05) is 13.1 Å². The minimum Gasteiger partial charge on any atom is -0.355 e. The summed E-state index contributed by atoms with van der Waals surface area (Å²) < 4.78 is 0. The largest absolute Gasteiger partial charge is 0.355 e. The molecule has 2 N–H and O–H groups in total. The average Bonchev–Trinajstić information content (AvgIpc) is 2.17. The summed E-state index contributed by atoms with van der Waals surface area (Å²) >= 11 is 0. The van der Waals surface area contributed by atoms with E-state index in [1.54, 1.807) is 0 Å². The minimum absolute atomic E-state index is 0. The Morgan fingerprint density at radius 1 is 1.38 bits per heavy atom. The van der Waals surface area contributed by atoms with Gasteiger partial charge >= 0.3 is 0 Å². The number of hydrogen-bond acceptors (Lipinski definition) is 2. The highest BCUT2D eigenvalue weighted by Crippen LogP contribution is 2.17. The molecule has 1 fully saturated rings. The molecular weight excluding hydrogens is 224 g/mol. The summed E-state index contributed by atoms with van der Waals surface area (Å²) in [6, 6.07) is 0.0544. The Morgan fingerprint density at radius 3 is 2.56 bits per heavy atom. The van der Waals surface area contributed by atoms with Crippen LogP contribution in [0.3, 0.4) is 0 Å². The summed E-state index contributed by atoms with van der Waals surface area (Å²) in [6.07, 6.45) is 4.39. The van der Waals surface area contributed by atoms with Gasteiger partial charge in [0.15, 0.2) is 0 Å². The molecule has 1 unspecified atom stereocenters. The van der Waals surface area contributed by atoms with Crippen molar-refractivity contribution in [3.8, 4) is 0 Å². The number of nitrogens with one attached hydrogen (secondary N) is 2. The minimum atomic E-state index is 0. The van der Waals surface area contributed by atoms with Gasteiger partial charge in [-0.15, -0.1) is 12.4 Å². The molecule has 1 saturated heterocycles. The third-order valence-corrected chi connectivity index (χ3v) is 2.80. The van der Waals surface area contributed by atoms with E-state index in [1.165, 1.54) is 12.8 Å². The zero-order valence-corrected chi connectivity index (χ0v) is 11.5. The SMILES string of the molecule is CC(C)(C)CCNC(=O)C1CCCCN1.Cl. The van der Waals surface area contributed by atoms with Crippen molar-refractivity contribution in [2.45, 2.75) is 52.5 Å². The lowest BCUT2D eigenvalue weighted by molar-refractivity contribution is -0.123. The Labute approximate surface area is 105 Å². The Kier molecular flexibility index (Phi) is 7.00. The number of halogens is 1. The Morgan fingerprint density at radius 2 is 2.06 bits per heavy atom. The summed E-state index contributed by atoms with van der Waals surface area (Å²) in [4.78, 5) is 11.7. The molecule has 96 valence electrons. The molecule has 1 amide bonds. The summed E-state index contributed by atoms with van der Waals surface area (Å²) in [5.41, 5.74) is 0.299. The van der Waals surface area contributed by atoms with Crippen LogP contribution in [0.15, 0.2) is 0 Å². The monoisotopic (exact) mass is 248 g/mol. The number of carbonyl (C=O) groups is 1. The molecule has 16 heavy (non-hydrogen) atoms. The maximum atomic E-state index is 11.7. The standard InChI is InChI=1S/C12H24N2O.ClH/c1-12(2,3)7-9-14-11(15)10-6-4-5-8-13-10;/h10,13H,4-9H2,1-3H3,(H,14,15);1H. The molecule has 1 aliphatic heterocycles. The number of hydrogen-bond donors (Lipinski definition) is 2. The molecule has 0 radical (unpaired) electrons. The smallest absolute Gasteiger partial charge is 0.237 e. The van der Waals surface area contributed by atoms with Crippen molar-refractivity contribution in [1.29, 1.82) is 0 Å². The number of piperidine rings is 1. The lowest BCUT2D eigenvalue weighted by Crippen LogP contribution is -2.47. The van der Waals surface area contributed by atoms with Crippen molar-refractivity contribution in [1.82, 2.24) is 10.6 Å². The van der Waals surface area contributed by atoms with Gasteiger partial charge in [0.25, 0.3) is 0 Å². The summed E-state index contributed by atoms with van der Waals surface area (Å²) in [5, 5.41) is 6.26. The molecule has 0 aromatic carbocycles. The Bertz CT molecular complexity index is 208. The maximum absolute atomic E-state index is 11.7. The van der Waals surface area contributed by atoms with Gasteiger partial charge in [0.05, 0.1) is 6.04 Å². The van der Waals surface area contributed by atoms with Crippen LogP contribution >= 0.6 is 12.4 Å². The fraction of sp³-hybridized carbons (Fsp3) is 0.917. The van der Waals surface area contributed by atoms with Gasteiger partial charge in [-0.25, -0.2) is 0 Å². The van der Waals surface area contributed by atoms with Crippen LogP contribution in [0.5, 0.6) is 0 Å². The van der Waals surface area contributed by atoms with E-state index in [0.717, 1.165) is 25.9 Å². The molecule has 0 aromatic heterocycles. The van der Waals surface area contributed by atoms with Gasteiger partial charge in [-0.1, -0.05) is 27.2 Å². The lowest BCUT2D eigenvalue weighted by Gasteiger charge is -2.24. The van der Waals surface area contributed by atoms with Gasteiger partial charge in [-0.05, 0) is 31.2 Å². The zero-order valence-electron chi connectivity index (χ0n) is 10.6. The molecule has 1 atom stereocenters. The number of carbonyl (C=O) groups excluding carboxylic acids is 1. The summed E-state index contributed by atoms with van der Waals surface area (Å²) in [6.45, 7) is 8.35. The first kappa shape index (κ1) is 15.7. The quantitative estimate of drug-likeness (QED) is 0.803. The van der Waals surface area contributed by atoms with Crippen molar-refractivity contribution in [2.24, 2.45) is 5.41 Å². The number of amides is 1. The molecule has 0 aliphatic carbocycles. The molecular formula is C12H25ClN2O. The molecule has 0 spiro atoms. The van der Waals surface area contributed by atoms with E-state index in [4.69, 9.17) is 0 Å². The molecule has 3 nitrogen and oxygen atoms in total. The van der Waals surface area contributed by atoms with Crippen molar-refractivity contribution >= 4 is 18.3 Å². The van der Waals surface area contributed by atoms with Gasteiger partial charge in [0.2, 0.25) is 5.91 Å². The van der Waals surface area contributed by atoms with Gasteiger partial charge in [0.1, 0.15) is 0 Å². The van der Waals surface area contributed by atoms with Crippen LogP contribution in [0, 0.1) is 5.41 Å². The lowest BCUT2D eigenvalue weighted by atomic mass is 9.92. The molecule has 0 bridgehead atoms. The third kappa shape index (κ3) is 6.33. The molecule has 0 aromatic rings. The first-order valence-corrected chi connectivity index (χ1v) is 6.00. The van der Waals surface area contributed by atoms with Gasteiger partial charge in [0, 0.05) is 6.54 Å². The second-order valence-electron chi connectivity index (χ2n) is 5.60. The maximum Gasteiger partial charge on any atom is 0.237 e. The number of rotatable bonds is 3. The van der Waals surface area contributed by atoms with Crippen molar-refractivity contribution in [3.05, 3.63) is 0 Å². The van der Waals surface area contributed by atoms with E-state index in [-0.39, 0.29) is 24.4 Å². The third-order valence-electron chi connectivity index (χ3n) is 2.80. The van der Waals surface area contributed by atoms with E-state index < -0.39 is 0 Å². The molecule has 1 heterocycles. The first-order chi connectivity index (χ1) is 6.99. The zero-order chi connectivity index (χ0) is 11.3. The highest BCUT2D eigenvalue weighted by Gasteiger charge is 2.20. The van der Waals surface area contributed by atoms with Crippen LogP contribution in [0.4, 0.5) is 0 Å². The molecule has 4 heteroatoms. The molecule has 1 aliphatic rings. The Hall–Kier alpha value is -0.280. The van der Waals surface area contributed by atoms with Crippen LogP contribution in [0.2, 0.25) is 0 Å². The predicted octanol–water partition coefficient (Wildman–Crippen LogP) is 2.10. The Balaban J connectivity index is 0.00000225. The van der Waals surface area contributed by atoms with Crippen LogP contribution < -0.4 is 10.6 Å². The predicted molar refractivity (Wildman–Crippen MR) is 70.0 cm³/mol. The highest BCUT2D eigenvalue weighted by atomic mass is 35.5. The van der Waals surface area contributed by atoms with Gasteiger partial charge < -0.3 is 10.6 Å². The van der Waals surface area contributed by atoms with Crippen LogP contribution in [-0.4, -0.2) is 25.0 Å². The fourth-order valence-corrected chi connectivity index (χ4v) is 1.76. The normalized spacial score (nSPS) is 21.1. The second-order valence-corrected chi connectivity index (χ2v) is 5.60. The first-order valence-electron chi connectivity index (χ1n) is 6.00. The average molecular weight is 249 g/mol. The second kappa shape index (κ2) is 7.13. The van der Waals surface area contributed by atoms with E-state index in [0.29, 0.717) is 5.41 Å². The molecule has 0 saturated carbocycles. The van der Waals surface area contributed by atoms with Crippen molar-refractivity contribution < 1.29 is 4.79 Å². The van der Waals surface area contributed by atoms with Crippen LogP contribution in [0.25, 0.3) is 0 Å². The van der Waals surface area contributed by atoms with E-state index in [1.807, 2.05) is 0 Å². The van der Waals surface area contributed by atoms with E-state index in [2.05, 4.69) is 31.4 Å². The van der Waals surface area contributed by atoms with Crippen LogP contribution in [0.1, 0.15) is 46.5 Å². The highest BCUT2D eigenvalue weighted by molar-refractivity contribution is 5.85. The van der Waals surface area contributed by atoms with Gasteiger partial charge in [-0.2, -0.15) is 0 Å². The van der Waals surface area contributed by atoms with Gasteiger partial charge in [-0.3, -0.25) is 4.79 Å². The molecule has 1 rings (SSSR count). The van der Waals surface area contributed by atoms with Crippen molar-refractivity contribution in [3.63, 3.8) is 0 Å². The summed E-state index contributed by atoms with van der Waals surface area (Å²) in [5.74, 6) is 0.180. The topological polar surface area (TPSA) is 41.1 Å². The summed E-state index contributed by atoms with van der Waals surface area (Å²) in [7, 11) is 0. The fourth-order valence-electron chi connectivity index (χ4n) is 1.76. The van der Waals surface area contributed by atoms with E-state index >= 15 is 0 Å². The van der Waals surface area contributed by atoms with E-state index in [9.17, 15) is 4.79 Å².